The molecule has 0 spiro atoms. The molecule has 1 fully saturated rings. The van der Waals surface area contributed by atoms with Gasteiger partial charge >= 0.3 is 0 Å². The Morgan fingerprint density at radius 1 is 1.46 bits per heavy atom. The fourth-order valence-electron chi connectivity index (χ4n) is 1.30. The number of nitrogens with two attached hydrogens (primary N) is 1. The van der Waals surface area contributed by atoms with Crippen LogP contribution in [0.4, 0.5) is 5.69 Å². The number of anilines is 1. The zero-order valence-corrected chi connectivity index (χ0v) is 8.22. The molecule has 1 saturated carbocycles. The average Bonchev–Trinajstić information content (AvgIpc) is 2.85. The predicted octanol–water partition coefficient (Wildman–Crippen LogP) is 1.68. The Morgan fingerprint density at radius 2 is 2.23 bits per heavy atom. The van der Waals surface area contributed by atoms with Gasteiger partial charge in [-0.3, -0.25) is 4.21 Å². The minimum Gasteiger partial charge on any atom is -0.399 e. The summed E-state index contributed by atoms with van der Waals surface area (Å²) in [6, 6.07) is 7.65. The normalized spacial score (nSPS) is 18.5. The van der Waals surface area contributed by atoms with Crippen LogP contribution in [0, 0.1) is 0 Å². The Kier molecular flexibility index (Phi) is 2.36. The molecular formula is C10H13NOS. The molecule has 2 N–H and O–H groups in total. The van der Waals surface area contributed by atoms with Gasteiger partial charge in [0, 0.05) is 27.5 Å². The fourth-order valence-corrected chi connectivity index (χ4v) is 2.70. The Morgan fingerprint density at radius 3 is 2.85 bits per heavy atom. The van der Waals surface area contributed by atoms with Crippen LogP contribution >= 0.6 is 0 Å². The van der Waals surface area contributed by atoms with Gasteiger partial charge in [-0.05, 0) is 30.5 Å². The molecule has 2 nitrogen and oxygen atoms in total. The highest BCUT2D eigenvalue weighted by atomic mass is 32.2. The summed E-state index contributed by atoms with van der Waals surface area (Å²) in [5.41, 5.74) is 7.47. The summed E-state index contributed by atoms with van der Waals surface area (Å²) in [6.07, 6.45) is 2.27. The maximum absolute atomic E-state index is 11.6. The van der Waals surface area contributed by atoms with Crippen molar-refractivity contribution < 1.29 is 4.21 Å². The first-order valence-electron chi connectivity index (χ1n) is 4.47. The van der Waals surface area contributed by atoms with E-state index in [0.717, 1.165) is 24.1 Å². The Hall–Kier alpha value is -0.830. The van der Waals surface area contributed by atoms with Gasteiger partial charge in [-0.15, -0.1) is 0 Å². The predicted molar refractivity (Wildman–Crippen MR) is 55.7 cm³/mol. The number of benzene rings is 1. The molecule has 0 saturated heterocycles. The molecule has 0 aliphatic heterocycles. The number of hydrogen-bond acceptors (Lipinski definition) is 2. The van der Waals surface area contributed by atoms with Gasteiger partial charge < -0.3 is 5.73 Å². The zero-order chi connectivity index (χ0) is 9.26. The van der Waals surface area contributed by atoms with Gasteiger partial charge in [0.2, 0.25) is 0 Å². The van der Waals surface area contributed by atoms with Crippen molar-refractivity contribution >= 4 is 16.5 Å². The van der Waals surface area contributed by atoms with Crippen molar-refractivity contribution in [3.8, 4) is 0 Å². The molecule has 1 atom stereocenters. The molecule has 0 bridgehead atoms. The van der Waals surface area contributed by atoms with E-state index in [1.807, 2.05) is 24.3 Å². The Labute approximate surface area is 80.6 Å². The molecule has 70 valence electrons. The van der Waals surface area contributed by atoms with Gasteiger partial charge in [0.25, 0.3) is 0 Å². The number of rotatable bonds is 3. The van der Waals surface area contributed by atoms with E-state index in [9.17, 15) is 4.21 Å². The van der Waals surface area contributed by atoms with Crippen LogP contribution in [-0.2, 0) is 16.6 Å². The largest absolute Gasteiger partial charge is 0.399 e. The maximum Gasteiger partial charge on any atom is 0.0489 e. The molecule has 0 heterocycles. The topological polar surface area (TPSA) is 43.1 Å². The number of nitrogen functional groups attached to an aromatic ring is 1. The van der Waals surface area contributed by atoms with Crippen LogP contribution < -0.4 is 5.73 Å². The molecule has 1 aromatic carbocycles. The van der Waals surface area contributed by atoms with Crippen LogP contribution in [0.1, 0.15) is 18.4 Å². The SMILES string of the molecule is Nc1cccc(CS(=O)C2CC2)c1. The van der Waals surface area contributed by atoms with Crippen molar-refractivity contribution in [2.24, 2.45) is 0 Å². The van der Waals surface area contributed by atoms with Crippen LogP contribution in [0.2, 0.25) is 0 Å². The van der Waals surface area contributed by atoms with E-state index >= 15 is 0 Å². The minimum atomic E-state index is -0.675. The first-order chi connectivity index (χ1) is 6.25. The van der Waals surface area contributed by atoms with Crippen molar-refractivity contribution in [2.75, 3.05) is 5.73 Å². The lowest BCUT2D eigenvalue weighted by atomic mass is 10.2. The summed E-state index contributed by atoms with van der Waals surface area (Å²) in [4.78, 5) is 0. The standard InChI is InChI=1S/C10H13NOS/c11-9-3-1-2-8(6-9)7-13(12)10-4-5-10/h1-3,6,10H,4-5,7,11H2. The molecule has 0 aromatic heterocycles. The fraction of sp³-hybridized carbons (Fsp3) is 0.400. The summed E-state index contributed by atoms with van der Waals surface area (Å²) < 4.78 is 11.6. The highest BCUT2D eigenvalue weighted by molar-refractivity contribution is 7.85. The molecule has 1 unspecified atom stereocenters. The van der Waals surface area contributed by atoms with E-state index in [-0.39, 0.29) is 0 Å². The van der Waals surface area contributed by atoms with Gasteiger partial charge in [0.1, 0.15) is 0 Å². The summed E-state index contributed by atoms with van der Waals surface area (Å²) in [5, 5.41) is 0.460. The van der Waals surface area contributed by atoms with Gasteiger partial charge in [0.05, 0.1) is 0 Å². The van der Waals surface area contributed by atoms with E-state index in [4.69, 9.17) is 5.73 Å². The van der Waals surface area contributed by atoms with Crippen LogP contribution in [0.3, 0.4) is 0 Å². The average molecular weight is 195 g/mol. The molecule has 2 rings (SSSR count). The van der Waals surface area contributed by atoms with E-state index in [2.05, 4.69) is 0 Å². The minimum absolute atomic E-state index is 0.460. The lowest BCUT2D eigenvalue weighted by Crippen LogP contribution is -2.01. The molecule has 0 amide bonds. The summed E-state index contributed by atoms with van der Waals surface area (Å²) in [6.45, 7) is 0. The molecule has 1 aliphatic rings. The van der Waals surface area contributed by atoms with Gasteiger partial charge in [0.15, 0.2) is 0 Å². The van der Waals surface area contributed by atoms with Crippen LogP contribution in [0.15, 0.2) is 24.3 Å². The molecular weight excluding hydrogens is 182 g/mol. The quantitative estimate of drug-likeness (QED) is 0.746. The number of hydrogen-bond donors (Lipinski definition) is 1. The van der Waals surface area contributed by atoms with E-state index < -0.39 is 10.8 Å². The van der Waals surface area contributed by atoms with E-state index in [1.54, 1.807) is 0 Å². The third-order valence-corrected chi connectivity index (χ3v) is 3.99. The van der Waals surface area contributed by atoms with Crippen LogP contribution in [0.5, 0.6) is 0 Å². The van der Waals surface area contributed by atoms with Gasteiger partial charge in [-0.1, -0.05) is 12.1 Å². The third kappa shape index (κ3) is 2.31. The highest BCUT2D eigenvalue weighted by Crippen LogP contribution is 2.28. The lowest BCUT2D eigenvalue weighted by molar-refractivity contribution is 0.682. The Bertz CT molecular complexity index is 333. The van der Waals surface area contributed by atoms with Gasteiger partial charge in [-0.2, -0.15) is 0 Å². The summed E-state index contributed by atoms with van der Waals surface area (Å²) in [7, 11) is -0.675. The zero-order valence-electron chi connectivity index (χ0n) is 7.40. The Balaban J connectivity index is 2.04. The first-order valence-corrected chi connectivity index (χ1v) is 5.85. The van der Waals surface area contributed by atoms with Crippen LogP contribution in [-0.4, -0.2) is 9.46 Å². The smallest absolute Gasteiger partial charge is 0.0489 e. The highest BCUT2D eigenvalue weighted by Gasteiger charge is 2.27. The lowest BCUT2D eigenvalue weighted by Gasteiger charge is -2.01. The van der Waals surface area contributed by atoms with Crippen molar-refractivity contribution in [3.05, 3.63) is 29.8 Å². The second-order valence-electron chi connectivity index (χ2n) is 3.47. The second-order valence-corrected chi connectivity index (χ2v) is 5.19. The monoisotopic (exact) mass is 195 g/mol. The molecule has 13 heavy (non-hydrogen) atoms. The summed E-state index contributed by atoms with van der Waals surface area (Å²) >= 11 is 0. The maximum atomic E-state index is 11.6. The second kappa shape index (κ2) is 3.50. The van der Waals surface area contributed by atoms with E-state index in [1.165, 1.54) is 0 Å². The van der Waals surface area contributed by atoms with Crippen molar-refractivity contribution in [1.82, 2.24) is 0 Å². The van der Waals surface area contributed by atoms with Crippen molar-refractivity contribution in [1.29, 1.82) is 0 Å². The van der Waals surface area contributed by atoms with Crippen LogP contribution in [0.25, 0.3) is 0 Å². The molecule has 1 aliphatic carbocycles. The molecule has 3 heteroatoms. The summed E-state index contributed by atoms with van der Waals surface area (Å²) in [5.74, 6) is 0.662. The molecule has 1 aromatic rings. The van der Waals surface area contributed by atoms with Gasteiger partial charge in [-0.25, -0.2) is 0 Å². The first kappa shape index (κ1) is 8.75. The van der Waals surface area contributed by atoms with Crippen molar-refractivity contribution in [3.63, 3.8) is 0 Å². The third-order valence-electron chi connectivity index (χ3n) is 2.16. The van der Waals surface area contributed by atoms with Crippen molar-refractivity contribution in [2.45, 2.75) is 23.8 Å². The molecule has 0 radical (unpaired) electrons. The van der Waals surface area contributed by atoms with E-state index in [0.29, 0.717) is 11.0 Å².